The quantitative estimate of drug-likeness (QED) is 0.575. The van der Waals surface area contributed by atoms with Crippen LogP contribution in [0.25, 0.3) is 0 Å². The van der Waals surface area contributed by atoms with Crippen LogP contribution in [0.15, 0.2) is 0 Å². The molecule has 1 fully saturated rings. The summed E-state index contributed by atoms with van der Waals surface area (Å²) in [5.41, 5.74) is -0.773. The lowest BCUT2D eigenvalue weighted by molar-refractivity contribution is -0.0920. The molecule has 0 unspecified atom stereocenters. The molecule has 0 aromatic carbocycles. The van der Waals surface area contributed by atoms with Crippen molar-refractivity contribution in [2.24, 2.45) is 0 Å². The summed E-state index contributed by atoms with van der Waals surface area (Å²) in [4.78, 5) is 0. The smallest absolute Gasteiger partial charge is 0.0704 e. The molecule has 0 radical (unpaired) electrons. The van der Waals surface area contributed by atoms with Gasteiger partial charge in [-0.3, -0.25) is 0 Å². The van der Waals surface area contributed by atoms with Crippen LogP contribution in [-0.2, 0) is 18.9 Å². The summed E-state index contributed by atoms with van der Waals surface area (Å²) in [6, 6.07) is 0. The minimum atomic E-state index is -0.386. The van der Waals surface area contributed by atoms with Crippen molar-refractivity contribution in [1.82, 2.24) is 5.06 Å². The van der Waals surface area contributed by atoms with Crippen LogP contribution in [0, 0.1) is 5.21 Å². The normalized spacial score (nSPS) is 22.1. The second kappa shape index (κ2) is 9.15. The van der Waals surface area contributed by atoms with Gasteiger partial charge in [0.25, 0.3) is 0 Å². The Balaban J connectivity index is 2.12. The second-order valence-corrected chi connectivity index (χ2v) is 7.04. The van der Waals surface area contributed by atoms with Crippen LogP contribution in [0.4, 0.5) is 0 Å². The van der Waals surface area contributed by atoms with E-state index in [9.17, 15) is 5.21 Å². The van der Waals surface area contributed by atoms with E-state index in [4.69, 9.17) is 18.9 Å². The van der Waals surface area contributed by atoms with Gasteiger partial charge in [-0.2, -0.15) is 0 Å². The Morgan fingerprint density at radius 2 is 1.32 bits per heavy atom. The van der Waals surface area contributed by atoms with E-state index >= 15 is 0 Å². The van der Waals surface area contributed by atoms with E-state index in [-0.39, 0.29) is 17.2 Å². The van der Waals surface area contributed by atoms with Crippen LogP contribution in [0.3, 0.4) is 0 Å². The zero-order valence-electron chi connectivity index (χ0n) is 14.7. The number of piperidine rings is 1. The second-order valence-electron chi connectivity index (χ2n) is 7.04. The number of ether oxygens (including phenoxy) is 4. The number of nitrogens with zero attached hydrogens (tertiary/aromatic N) is 1. The molecule has 0 saturated carbocycles. The lowest BCUT2D eigenvalue weighted by Crippen LogP contribution is -2.59. The van der Waals surface area contributed by atoms with Crippen LogP contribution in [-0.4, -0.2) is 69.0 Å². The summed E-state index contributed by atoms with van der Waals surface area (Å²) in [6.45, 7) is 11.3. The maximum absolute atomic E-state index is 12.3. The number of rotatable bonds is 10. The van der Waals surface area contributed by atoms with Crippen LogP contribution in [0.5, 0.6) is 0 Å². The van der Waals surface area contributed by atoms with Crippen LogP contribution in [0.2, 0.25) is 0 Å². The number of hydrogen-bond donors (Lipinski definition) is 0. The SMILES string of the molecule is COCCOCCOCCOC1CC(C)(C)N([O-])C(C)(C)C1. The first-order valence-electron chi connectivity index (χ1n) is 8.03. The lowest BCUT2D eigenvalue weighted by atomic mass is 9.80. The third-order valence-corrected chi connectivity index (χ3v) is 3.94. The van der Waals surface area contributed by atoms with E-state index < -0.39 is 0 Å². The summed E-state index contributed by atoms with van der Waals surface area (Å²) in [7, 11) is 1.65. The van der Waals surface area contributed by atoms with Crippen molar-refractivity contribution in [3.63, 3.8) is 0 Å². The molecule has 0 aliphatic carbocycles. The first-order chi connectivity index (χ1) is 10.3. The Morgan fingerprint density at radius 1 is 0.864 bits per heavy atom. The molecule has 6 nitrogen and oxygen atoms in total. The van der Waals surface area contributed by atoms with Crippen molar-refractivity contribution >= 4 is 0 Å². The average Bonchev–Trinajstić information content (AvgIpc) is 2.42. The largest absolute Gasteiger partial charge is 0.784 e. The van der Waals surface area contributed by atoms with Gasteiger partial charge in [0.15, 0.2) is 0 Å². The predicted molar refractivity (Wildman–Crippen MR) is 85.9 cm³/mol. The Bertz CT molecular complexity index is 291. The topological polar surface area (TPSA) is 63.2 Å². The third kappa shape index (κ3) is 6.48. The van der Waals surface area contributed by atoms with Crippen molar-refractivity contribution < 1.29 is 18.9 Å². The van der Waals surface area contributed by atoms with Gasteiger partial charge >= 0.3 is 0 Å². The van der Waals surface area contributed by atoms with Gasteiger partial charge in [0.2, 0.25) is 0 Å². The summed E-state index contributed by atoms with van der Waals surface area (Å²) in [5.74, 6) is 0. The van der Waals surface area contributed by atoms with Gasteiger partial charge < -0.3 is 29.2 Å². The summed E-state index contributed by atoms with van der Waals surface area (Å²) < 4.78 is 21.6. The molecule has 1 aliphatic heterocycles. The first-order valence-corrected chi connectivity index (χ1v) is 8.03. The van der Waals surface area contributed by atoms with Gasteiger partial charge in [0, 0.05) is 18.2 Å². The molecule has 0 aromatic rings. The summed E-state index contributed by atoms with van der Waals surface area (Å²) in [5, 5.41) is 13.5. The molecule has 1 heterocycles. The lowest BCUT2D eigenvalue weighted by Gasteiger charge is -2.59. The highest BCUT2D eigenvalue weighted by atomic mass is 16.6. The standard InChI is InChI=1S/C16H32NO5/c1-15(2)12-14(13-16(3,4)17(15)18)22-11-10-21-9-8-20-7-6-19-5/h14H,6-13H2,1-5H3/q-1. The van der Waals surface area contributed by atoms with Crippen molar-refractivity contribution in [2.75, 3.05) is 46.8 Å². The number of hydrogen-bond acceptors (Lipinski definition) is 6. The molecule has 6 heteroatoms. The molecule has 0 spiro atoms. The molecule has 0 amide bonds. The third-order valence-electron chi connectivity index (χ3n) is 3.94. The fraction of sp³-hybridized carbons (Fsp3) is 1.00. The minimum absolute atomic E-state index is 0.108. The molecule has 0 N–H and O–H groups in total. The van der Waals surface area contributed by atoms with Gasteiger partial charge in [-0.05, 0) is 40.5 Å². The van der Waals surface area contributed by atoms with Crippen molar-refractivity contribution in [3.8, 4) is 0 Å². The Hall–Kier alpha value is -0.240. The molecule has 0 aromatic heterocycles. The Kier molecular flexibility index (Phi) is 8.24. The van der Waals surface area contributed by atoms with Gasteiger partial charge in [-0.15, -0.1) is 0 Å². The van der Waals surface area contributed by atoms with Crippen LogP contribution >= 0.6 is 0 Å². The molecule has 1 aliphatic rings. The van der Waals surface area contributed by atoms with Crippen LogP contribution in [0.1, 0.15) is 40.5 Å². The van der Waals surface area contributed by atoms with E-state index in [1.807, 2.05) is 27.7 Å². The Labute approximate surface area is 134 Å². The van der Waals surface area contributed by atoms with Gasteiger partial charge in [0.1, 0.15) is 0 Å². The molecular formula is C16H32NO5-. The minimum Gasteiger partial charge on any atom is -0.784 e. The van der Waals surface area contributed by atoms with Gasteiger partial charge in [-0.1, -0.05) is 0 Å². The molecule has 1 rings (SSSR count). The highest BCUT2D eigenvalue weighted by molar-refractivity contribution is 5.00. The van der Waals surface area contributed by atoms with E-state index in [2.05, 4.69) is 0 Å². The maximum atomic E-state index is 12.3. The molecule has 0 bridgehead atoms. The summed E-state index contributed by atoms with van der Waals surface area (Å²) in [6.07, 6.45) is 1.61. The summed E-state index contributed by atoms with van der Waals surface area (Å²) >= 11 is 0. The predicted octanol–water partition coefficient (Wildman–Crippen LogP) is 2.20. The van der Waals surface area contributed by atoms with Crippen molar-refractivity contribution in [1.29, 1.82) is 0 Å². The molecule has 1 saturated heterocycles. The maximum Gasteiger partial charge on any atom is 0.0704 e. The zero-order valence-corrected chi connectivity index (χ0v) is 14.7. The van der Waals surface area contributed by atoms with Crippen molar-refractivity contribution in [2.45, 2.75) is 57.7 Å². The molecule has 22 heavy (non-hydrogen) atoms. The fourth-order valence-corrected chi connectivity index (χ4v) is 3.03. The van der Waals surface area contributed by atoms with Crippen LogP contribution < -0.4 is 0 Å². The van der Waals surface area contributed by atoms with Gasteiger partial charge in [-0.25, -0.2) is 0 Å². The Morgan fingerprint density at radius 3 is 1.82 bits per heavy atom. The average molecular weight is 318 g/mol. The first kappa shape index (κ1) is 19.8. The number of hydroxylamine groups is 2. The fourth-order valence-electron chi connectivity index (χ4n) is 3.03. The zero-order chi connectivity index (χ0) is 16.6. The van der Waals surface area contributed by atoms with E-state index in [0.717, 1.165) is 12.8 Å². The van der Waals surface area contributed by atoms with E-state index in [1.54, 1.807) is 7.11 Å². The number of methoxy groups -OCH3 is 1. The molecule has 0 atom stereocenters. The van der Waals surface area contributed by atoms with E-state index in [1.165, 1.54) is 5.06 Å². The monoisotopic (exact) mass is 318 g/mol. The van der Waals surface area contributed by atoms with Crippen molar-refractivity contribution in [3.05, 3.63) is 5.21 Å². The molecule has 132 valence electrons. The van der Waals surface area contributed by atoms with Gasteiger partial charge in [0.05, 0.1) is 45.7 Å². The molecular weight excluding hydrogens is 286 g/mol. The van der Waals surface area contributed by atoms with E-state index in [0.29, 0.717) is 39.6 Å². The highest BCUT2D eigenvalue weighted by Crippen LogP contribution is 2.38. The highest BCUT2D eigenvalue weighted by Gasteiger charge is 2.40.